The summed E-state index contributed by atoms with van der Waals surface area (Å²) < 4.78 is 4.97. The zero-order valence-electron chi connectivity index (χ0n) is 16.0. The summed E-state index contributed by atoms with van der Waals surface area (Å²) >= 11 is 1.29. The van der Waals surface area contributed by atoms with Gasteiger partial charge in [0.05, 0.1) is 5.69 Å². The Kier molecular flexibility index (Phi) is 5.85. The van der Waals surface area contributed by atoms with Crippen LogP contribution in [0.2, 0.25) is 0 Å². The van der Waals surface area contributed by atoms with E-state index in [-0.39, 0.29) is 5.91 Å². The quantitative estimate of drug-likeness (QED) is 0.596. The largest absolute Gasteiger partial charge is 0.454 e. The molecular formula is C22H19N3O4S. The topological polar surface area (TPSA) is 97.4 Å². The van der Waals surface area contributed by atoms with Crippen LogP contribution in [0.4, 0.5) is 5.13 Å². The van der Waals surface area contributed by atoms with Crippen LogP contribution >= 0.6 is 11.3 Å². The Labute approximate surface area is 177 Å². The van der Waals surface area contributed by atoms with Gasteiger partial charge in [-0.05, 0) is 17.5 Å². The Morgan fingerprint density at radius 3 is 2.47 bits per heavy atom. The number of hydrogen-bond acceptors (Lipinski definition) is 6. The van der Waals surface area contributed by atoms with Crippen molar-refractivity contribution in [1.29, 1.82) is 0 Å². The van der Waals surface area contributed by atoms with Crippen LogP contribution in [0.15, 0.2) is 60.0 Å². The SMILES string of the molecule is O=C(COC(=O)C1CCC(=O)N1)Nc1nc(-c2ccc(-c3ccccc3)cc2)cs1. The fourth-order valence-corrected chi connectivity index (χ4v) is 3.85. The van der Waals surface area contributed by atoms with Crippen LogP contribution in [0.1, 0.15) is 12.8 Å². The number of nitrogens with one attached hydrogen (secondary N) is 2. The minimum absolute atomic E-state index is 0.187. The van der Waals surface area contributed by atoms with Gasteiger partial charge in [-0.15, -0.1) is 11.3 Å². The second-order valence-electron chi connectivity index (χ2n) is 6.80. The van der Waals surface area contributed by atoms with Gasteiger partial charge in [0.2, 0.25) is 5.91 Å². The number of amides is 2. The van der Waals surface area contributed by atoms with Crippen LogP contribution in [-0.2, 0) is 19.1 Å². The van der Waals surface area contributed by atoms with E-state index in [9.17, 15) is 14.4 Å². The van der Waals surface area contributed by atoms with Gasteiger partial charge in [0.15, 0.2) is 11.7 Å². The van der Waals surface area contributed by atoms with Crippen LogP contribution in [0, 0.1) is 0 Å². The average Bonchev–Trinajstić information content (AvgIpc) is 3.42. The van der Waals surface area contributed by atoms with Crippen molar-refractivity contribution in [3.63, 3.8) is 0 Å². The maximum Gasteiger partial charge on any atom is 0.329 e. The van der Waals surface area contributed by atoms with Gasteiger partial charge in [0.25, 0.3) is 5.91 Å². The average molecular weight is 421 g/mol. The molecule has 1 aromatic heterocycles. The number of carbonyl (C=O) groups excluding carboxylic acids is 3. The lowest BCUT2D eigenvalue weighted by Gasteiger charge is -2.09. The minimum atomic E-state index is -0.671. The molecular weight excluding hydrogens is 402 g/mol. The first-order valence-electron chi connectivity index (χ1n) is 9.46. The highest BCUT2D eigenvalue weighted by Crippen LogP contribution is 2.27. The van der Waals surface area contributed by atoms with Crippen LogP contribution in [0.5, 0.6) is 0 Å². The first-order valence-corrected chi connectivity index (χ1v) is 10.3. The minimum Gasteiger partial charge on any atom is -0.454 e. The molecule has 7 nitrogen and oxygen atoms in total. The van der Waals surface area contributed by atoms with Crippen molar-refractivity contribution in [2.45, 2.75) is 18.9 Å². The summed E-state index contributed by atoms with van der Waals surface area (Å²) in [7, 11) is 0. The van der Waals surface area contributed by atoms with Crippen LogP contribution < -0.4 is 10.6 Å². The molecule has 0 radical (unpaired) electrons. The first-order chi connectivity index (χ1) is 14.6. The van der Waals surface area contributed by atoms with E-state index in [2.05, 4.69) is 27.8 Å². The van der Waals surface area contributed by atoms with Gasteiger partial charge in [-0.25, -0.2) is 9.78 Å². The summed E-state index contributed by atoms with van der Waals surface area (Å²) in [5, 5.41) is 7.41. The molecule has 0 spiro atoms. The molecule has 0 aliphatic carbocycles. The van der Waals surface area contributed by atoms with Crippen molar-refractivity contribution < 1.29 is 19.1 Å². The summed E-state index contributed by atoms with van der Waals surface area (Å²) in [6.07, 6.45) is 0.679. The van der Waals surface area contributed by atoms with Gasteiger partial charge in [-0.2, -0.15) is 0 Å². The molecule has 1 aliphatic heterocycles. The lowest BCUT2D eigenvalue weighted by Crippen LogP contribution is -2.36. The molecule has 2 heterocycles. The molecule has 1 unspecified atom stereocenters. The highest BCUT2D eigenvalue weighted by molar-refractivity contribution is 7.14. The monoisotopic (exact) mass is 421 g/mol. The molecule has 30 heavy (non-hydrogen) atoms. The van der Waals surface area contributed by atoms with Crippen molar-refractivity contribution in [2.75, 3.05) is 11.9 Å². The van der Waals surface area contributed by atoms with E-state index in [0.29, 0.717) is 18.0 Å². The summed E-state index contributed by atoms with van der Waals surface area (Å²) in [5.41, 5.74) is 3.95. The molecule has 152 valence electrons. The van der Waals surface area contributed by atoms with Gasteiger partial charge in [-0.3, -0.25) is 14.9 Å². The van der Waals surface area contributed by atoms with Gasteiger partial charge in [-0.1, -0.05) is 54.6 Å². The molecule has 2 N–H and O–H groups in total. The number of ether oxygens (including phenoxy) is 1. The maximum atomic E-state index is 12.0. The number of nitrogens with zero attached hydrogens (tertiary/aromatic N) is 1. The van der Waals surface area contributed by atoms with E-state index in [0.717, 1.165) is 22.4 Å². The highest BCUT2D eigenvalue weighted by atomic mass is 32.1. The molecule has 1 fully saturated rings. The second-order valence-corrected chi connectivity index (χ2v) is 7.65. The number of thiazole rings is 1. The number of anilines is 1. The summed E-state index contributed by atoms with van der Waals surface area (Å²) in [6.45, 7) is -0.425. The number of esters is 1. The molecule has 4 rings (SSSR count). The zero-order chi connectivity index (χ0) is 20.9. The standard InChI is InChI=1S/C22H19N3O4S/c26-19-11-10-17(23-19)21(28)29-12-20(27)25-22-24-18(13-30-22)16-8-6-15(7-9-16)14-4-2-1-3-5-14/h1-9,13,17H,10-12H2,(H,23,26)(H,24,25,27). The predicted octanol–water partition coefficient (Wildman–Crippen LogP) is 3.24. The molecule has 3 aromatic rings. The third-order valence-electron chi connectivity index (χ3n) is 4.66. The molecule has 2 aromatic carbocycles. The lowest BCUT2D eigenvalue weighted by molar-refractivity contribution is -0.149. The lowest BCUT2D eigenvalue weighted by atomic mass is 10.0. The smallest absolute Gasteiger partial charge is 0.329 e. The Morgan fingerprint density at radius 1 is 1.07 bits per heavy atom. The fraction of sp³-hybridized carbons (Fsp3) is 0.182. The molecule has 1 saturated heterocycles. The van der Waals surface area contributed by atoms with Crippen molar-refractivity contribution in [3.05, 3.63) is 60.0 Å². The van der Waals surface area contributed by atoms with Crippen molar-refractivity contribution in [2.24, 2.45) is 0 Å². The number of carbonyl (C=O) groups is 3. The molecule has 0 saturated carbocycles. The van der Waals surface area contributed by atoms with Crippen LogP contribution in [-0.4, -0.2) is 35.4 Å². The van der Waals surface area contributed by atoms with Crippen molar-refractivity contribution >= 4 is 34.3 Å². The van der Waals surface area contributed by atoms with Crippen molar-refractivity contribution in [1.82, 2.24) is 10.3 Å². The number of aromatic nitrogens is 1. The summed E-state index contributed by atoms with van der Waals surface area (Å²) in [6, 6.07) is 17.5. The van der Waals surface area contributed by atoms with Crippen LogP contribution in [0.3, 0.4) is 0 Å². The van der Waals surface area contributed by atoms with Crippen LogP contribution in [0.25, 0.3) is 22.4 Å². The van der Waals surface area contributed by atoms with Gasteiger partial charge >= 0.3 is 5.97 Å². The number of rotatable bonds is 6. The van der Waals surface area contributed by atoms with Gasteiger partial charge in [0.1, 0.15) is 6.04 Å². The van der Waals surface area contributed by atoms with E-state index >= 15 is 0 Å². The number of benzene rings is 2. The van der Waals surface area contributed by atoms with E-state index in [1.165, 1.54) is 11.3 Å². The van der Waals surface area contributed by atoms with E-state index in [1.54, 1.807) is 0 Å². The van der Waals surface area contributed by atoms with Crippen molar-refractivity contribution in [3.8, 4) is 22.4 Å². The third-order valence-corrected chi connectivity index (χ3v) is 5.42. The van der Waals surface area contributed by atoms with Gasteiger partial charge < -0.3 is 10.1 Å². The Morgan fingerprint density at radius 2 is 1.77 bits per heavy atom. The molecule has 1 aliphatic rings. The van der Waals surface area contributed by atoms with E-state index in [4.69, 9.17) is 4.74 Å². The maximum absolute atomic E-state index is 12.0. The van der Waals surface area contributed by atoms with E-state index in [1.807, 2.05) is 47.8 Å². The second kappa shape index (κ2) is 8.87. The Balaban J connectivity index is 1.32. The predicted molar refractivity (Wildman–Crippen MR) is 114 cm³/mol. The zero-order valence-corrected chi connectivity index (χ0v) is 16.8. The van der Waals surface area contributed by atoms with Gasteiger partial charge in [0, 0.05) is 17.4 Å². The first kappa shape index (κ1) is 19.8. The fourth-order valence-electron chi connectivity index (χ4n) is 3.11. The normalized spacial score (nSPS) is 15.5. The van der Waals surface area contributed by atoms with E-state index < -0.39 is 24.5 Å². The summed E-state index contributed by atoms with van der Waals surface area (Å²) in [5.74, 6) is -1.27. The molecule has 2 amide bonds. The molecule has 8 heteroatoms. The Hall–Kier alpha value is -3.52. The molecule has 0 bridgehead atoms. The third kappa shape index (κ3) is 4.72. The summed E-state index contributed by atoms with van der Waals surface area (Å²) in [4.78, 5) is 39.4. The number of hydrogen-bond donors (Lipinski definition) is 2. The Bertz CT molecular complexity index is 1060. The highest BCUT2D eigenvalue weighted by Gasteiger charge is 2.28. The molecule has 1 atom stereocenters.